The van der Waals surface area contributed by atoms with Crippen molar-refractivity contribution < 1.29 is 18.3 Å². The summed E-state index contributed by atoms with van der Waals surface area (Å²) in [6.07, 6.45) is -3.73. The molecule has 0 fully saturated rings. The first kappa shape index (κ1) is 15.2. The minimum absolute atomic E-state index is 0.0285. The maximum atomic E-state index is 12.5. The number of aliphatic hydroxyl groups is 1. The monoisotopic (exact) mass is 305 g/mol. The third-order valence-electron chi connectivity index (χ3n) is 3.37. The molecule has 2 rings (SSSR count). The second-order valence-electron chi connectivity index (χ2n) is 4.80. The summed E-state index contributed by atoms with van der Waals surface area (Å²) >= 11 is 6.06. The molecule has 0 bridgehead atoms. The van der Waals surface area contributed by atoms with E-state index in [1.807, 2.05) is 4.90 Å². The average Bonchev–Trinajstić information content (AvgIpc) is 2.37. The van der Waals surface area contributed by atoms with Gasteiger partial charge in [-0.05, 0) is 31.0 Å². The highest BCUT2D eigenvalue weighted by molar-refractivity contribution is 6.31. The highest BCUT2D eigenvalue weighted by atomic mass is 35.5. The fraction of sp³-hybridized carbons (Fsp3) is 0.429. The molecule has 1 heterocycles. The van der Waals surface area contributed by atoms with Crippen LogP contribution in [0.3, 0.4) is 0 Å². The van der Waals surface area contributed by atoms with Crippen molar-refractivity contribution in [2.75, 3.05) is 18.0 Å². The smallest absolute Gasteiger partial charge is 0.389 e. The molecule has 6 heteroatoms. The van der Waals surface area contributed by atoms with Gasteiger partial charge in [0.2, 0.25) is 0 Å². The number of hydrogen-bond donors (Lipinski definition) is 1. The Labute approximate surface area is 120 Å². The lowest BCUT2D eigenvalue weighted by molar-refractivity contribution is -0.0943. The van der Waals surface area contributed by atoms with Gasteiger partial charge < -0.3 is 10.0 Å². The predicted molar refractivity (Wildman–Crippen MR) is 73.1 cm³/mol. The number of nitrogens with zero attached hydrogens (tertiary/aromatic N) is 1. The van der Waals surface area contributed by atoms with Crippen LogP contribution < -0.4 is 4.90 Å². The van der Waals surface area contributed by atoms with Gasteiger partial charge in [0.15, 0.2) is 0 Å². The lowest BCUT2D eigenvalue weighted by Crippen LogP contribution is -2.31. The fourth-order valence-corrected chi connectivity index (χ4v) is 2.55. The Balaban J connectivity index is 2.15. The fourth-order valence-electron chi connectivity index (χ4n) is 2.21. The Bertz CT molecular complexity index is 526. The van der Waals surface area contributed by atoms with Crippen molar-refractivity contribution in [1.29, 1.82) is 0 Å². The van der Waals surface area contributed by atoms with Gasteiger partial charge in [0.1, 0.15) is 0 Å². The molecular weight excluding hydrogens is 291 g/mol. The van der Waals surface area contributed by atoms with Gasteiger partial charge in [-0.2, -0.15) is 13.2 Å². The molecule has 1 aliphatic rings. The minimum Gasteiger partial charge on any atom is -0.389 e. The second-order valence-corrected chi connectivity index (χ2v) is 5.21. The molecule has 0 radical (unpaired) electrons. The lowest BCUT2D eigenvalue weighted by atomic mass is 10.1. The molecule has 1 N–H and O–H groups in total. The number of aliphatic hydroxyl groups excluding tert-OH is 1. The molecule has 0 saturated heterocycles. The van der Waals surface area contributed by atoms with Gasteiger partial charge in [-0.3, -0.25) is 0 Å². The summed E-state index contributed by atoms with van der Waals surface area (Å²) in [5, 5.41) is 9.92. The molecule has 20 heavy (non-hydrogen) atoms. The number of anilines is 1. The van der Waals surface area contributed by atoms with Gasteiger partial charge in [-0.15, -0.1) is 0 Å². The highest BCUT2D eigenvalue weighted by Crippen LogP contribution is 2.33. The topological polar surface area (TPSA) is 23.5 Å². The maximum absolute atomic E-state index is 12.5. The van der Waals surface area contributed by atoms with Crippen LogP contribution >= 0.6 is 11.6 Å². The van der Waals surface area contributed by atoms with Gasteiger partial charge in [0, 0.05) is 29.4 Å². The van der Waals surface area contributed by atoms with Crippen LogP contribution in [0.5, 0.6) is 0 Å². The first-order chi connectivity index (χ1) is 9.29. The molecule has 110 valence electrons. The molecule has 0 saturated carbocycles. The summed E-state index contributed by atoms with van der Waals surface area (Å²) in [5.74, 6) is 0. The minimum atomic E-state index is -4.24. The van der Waals surface area contributed by atoms with Crippen molar-refractivity contribution >= 4 is 17.3 Å². The van der Waals surface area contributed by atoms with Crippen molar-refractivity contribution in [1.82, 2.24) is 0 Å². The Hall–Kier alpha value is -1.20. The highest BCUT2D eigenvalue weighted by Gasteiger charge is 2.34. The van der Waals surface area contributed by atoms with E-state index in [9.17, 15) is 18.3 Å². The Morgan fingerprint density at radius 3 is 2.50 bits per heavy atom. The molecule has 0 aromatic heterocycles. The predicted octanol–water partition coefficient (Wildman–Crippen LogP) is 4.09. The van der Waals surface area contributed by atoms with Crippen molar-refractivity contribution in [3.05, 3.63) is 40.4 Å². The quantitative estimate of drug-likeness (QED) is 0.832. The van der Waals surface area contributed by atoms with E-state index in [0.717, 1.165) is 5.69 Å². The molecule has 1 atom stereocenters. The van der Waals surface area contributed by atoms with Crippen LogP contribution in [0.1, 0.15) is 25.0 Å². The van der Waals surface area contributed by atoms with Crippen LogP contribution in [0.25, 0.3) is 0 Å². The van der Waals surface area contributed by atoms with Crippen molar-refractivity contribution in [2.24, 2.45) is 0 Å². The Morgan fingerprint density at radius 2 is 2.05 bits per heavy atom. The van der Waals surface area contributed by atoms with E-state index >= 15 is 0 Å². The largest absolute Gasteiger partial charge is 0.412 e. The summed E-state index contributed by atoms with van der Waals surface area (Å²) in [4.78, 5) is 1.83. The van der Waals surface area contributed by atoms with E-state index < -0.39 is 17.9 Å². The van der Waals surface area contributed by atoms with E-state index in [0.29, 0.717) is 17.1 Å². The number of alkyl halides is 3. The van der Waals surface area contributed by atoms with Crippen LogP contribution in [0.15, 0.2) is 29.8 Å². The second kappa shape index (κ2) is 5.66. The van der Waals surface area contributed by atoms with Gasteiger partial charge in [-0.25, -0.2) is 0 Å². The van der Waals surface area contributed by atoms with E-state index in [-0.39, 0.29) is 13.0 Å². The van der Waals surface area contributed by atoms with Crippen LogP contribution in [0.2, 0.25) is 5.02 Å². The van der Waals surface area contributed by atoms with Crippen molar-refractivity contribution in [3.8, 4) is 0 Å². The van der Waals surface area contributed by atoms with Gasteiger partial charge in [0.25, 0.3) is 0 Å². The molecule has 1 aromatic rings. The number of hydrogen-bond acceptors (Lipinski definition) is 2. The zero-order valence-corrected chi connectivity index (χ0v) is 11.7. The van der Waals surface area contributed by atoms with Crippen LogP contribution in [0, 0.1) is 0 Å². The van der Waals surface area contributed by atoms with Crippen LogP contribution in [-0.2, 0) is 0 Å². The van der Waals surface area contributed by atoms with Crippen LogP contribution in [-0.4, -0.2) is 24.4 Å². The average molecular weight is 306 g/mol. The Kier molecular flexibility index (Phi) is 4.30. The van der Waals surface area contributed by atoms with Crippen LogP contribution in [0.4, 0.5) is 18.9 Å². The van der Waals surface area contributed by atoms with Crippen molar-refractivity contribution in [2.45, 2.75) is 25.6 Å². The Morgan fingerprint density at radius 1 is 1.35 bits per heavy atom. The van der Waals surface area contributed by atoms with Gasteiger partial charge >= 0.3 is 6.18 Å². The van der Waals surface area contributed by atoms with Crippen molar-refractivity contribution in [3.63, 3.8) is 0 Å². The molecular formula is C14H15ClF3NO. The number of rotatable bonds is 2. The third kappa shape index (κ3) is 3.27. The summed E-state index contributed by atoms with van der Waals surface area (Å²) in [5.41, 5.74) is 0.899. The molecule has 1 unspecified atom stereocenters. The summed E-state index contributed by atoms with van der Waals surface area (Å²) in [6, 6.07) is 5.14. The zero-order chi connectivity index (χ0) is 14.9. The molecule has 0 amide bonds. The van der Waals surface area contributed by atoms with E-state index in [1.54, 1.807) is 25.1 Å². The third-order valence-corrected chi connectivity index (χ3v) is 3.70. The molecule has 1 aromatic carbocycles. The molecule has 0 spiro atoms. The van der Waals surface area contributed by atoms with Gasteiger partial charge in [0.05, 0.1) is 6.10 Å². The zero-order valence-electron chi connectivity index (χ0n) is 10.9. The van der Waals surface area contributed by atoms with E-state index in [4.69, 9.17) is 11.6 Å². The first-order valence-corrected chi connectivity index (χ1v) is 6.65. The van der Waals surface area contributed by atoms with E-state index in [1.165, 1.54) is 6.08 Å². The van der Waals surface area contributed by atoms with E-state index in [2.05, 4.69) is 0 Å². The van der Waals surface area contributed by atoms with Gasteiger partial charge in [-0.1, -0.05) is 23.7 Å². The molecule has 1 aliphatic heterocycles. The standard InChI is InChI=1S/C14H15ClF3NO/c1-9(20)12-3-2-11(8-13(12)15)19-6-4-10(5-7-19)14(16,17)18/h2-4,8-9,20H,5-7H2,1H3. The summed E-state index contributed by atoms with van der Waals surface area (Å²) in [7, 11) is 0. The SMILES string of the molecule is CC(O)c1ccc(N2CC=C(C(F)(F)F)CC2)cc1Cl. The first-order valence-electron chi connectivity index (χ1n) is 6.27. The summed E-state index contributed by atoms with van der Waals surface area (Å²) < 4.78 is 37.6. The lowest BCUT2D eigenvalue weighted by Gasteiger charge is -2.29. The number of benzene rings is 1. The number of halogens is 4. The molecule has 0 aliphatic carbocycles. The summed E-state index contributed by atoms with van der Waals surface area (Å²) in [6.45, 7) is 2.12. The maximum Gasteiger partial charge on any atom is 0.412 e. The molecule has 2 nitrogen and oxygen atoms in total. The normalized spacial score (nSPS) is 17.9.